The number of benzene rings is 1. The standard InChI is InChI=1S/C22H19F5N4O/c1-11-3-4-18(29-9-11)13-5-14(20(28)22(25,26)27)7-15(6-13)21(32)31-12(2)19-17(24)8-16(23)10-30-19/h3-10,12,20H,28H2,1-2H3,(H,31,32). The molecule has 3 aromatic rings. The lowest BCUT2D eigenvalue weighted by atomic mass is 9.97. The highest BCUT2D eigenvalue weighted by molar-refractivity contribution is 5.96. The summed E-state index contributed by atoms with van der Waals surface area (Å²) in [7, 11) is 0. The maximum absolute atomic E-state index is 14.0. The van der Waals surface area contributed by atoms with Gasteiger partial charge in [0.05, 0.1) is 23.6 Å². The van der Waals surface area contributed by atoms with Crippen LogP contribution < -0.4 is 11.1 Å². The summed E-state index contributed by atoms with van der Waals surface area (Å²) >= 11 is 0. The number of pyridine rings is 2. The van der Waals surface area contributed by atoms with Crippen molar-refractivity contribution in [1.29, 1.82) is 0 Å². The van der Waals surface area contributed by atoms with E-state index >= 15 is 0 Å². The number of carbonyl (C=O) groups excluding carboxylic acids is 1. The Kier molecular flexibility index (Phi) is 6.54. The van der Waals surface area contributed by atoms with E-state index in [-0.39, 0.29) is 22.4 Å². The van der Waals surface area contributed by atoms with Crippen molar-refractivity contribution in [2.24, 2.45) is 5.73 Å². The molecule has 2 heterocycles. The summed E-state index contributed by atoms with van der Waals surface area (Å²) in [5.74, 6) is -2.63. The number of nitrogens with two attached hydrogens (primary N) is 1. The maximum Gasteiger partial charge on any atom is 0.407 e. The Balaban J connectivity index is 1.99. The third-order valence-electron chi connectivity index (χ3n) is 4.73. The van der Waals surface area contributed by atoms with Gasteiger partial charge >= 0.3 is 6.18 Å². The number of rotatable bonds is 5. The van der Waals surface area contributed by atoms with Crippen LogP contribution >= 0.6 is 0 Å². The van der Waals surface area contributed by atoms with E-state index < -0.39 is 35.8 Å². The van der Waals surface area contributed by atoms with Gasteiger partial charge in [-0.05, 0) is 49.2 Å². The number of halogens is 5. The molecule has 1 amide bonds. The van der Waals surface area contributed by atoms with Crippen molar-refractivity contribution >= 4 is 5.91 Å². The maximum atomic E-state index is 14.0. The molecular formula is C22H19F5N4O. The van der Waals surface area contributed by atoms with Gasteiger partial charge in [-0.1, -0.05) is 6.07 Å². The van der Waals surface area contributed by atoms with Crippen LogP contribution in [0.3, 0.4) is 0 Å². The molecule has 0 aliphatic carbocycles. The van der Waals surface area contributed by atoms with Crippen molar-refractivity contribution in [1.82, 2.24) is 15.3 Å². The largest absolute Gasteiger partial charge is 0.407 e. The lowest BCUT2D eigenvalue weighted by Gasteiger charge is -2.19. The van der Waals surface area contributed by atoms with E-state index in [1.54, 1.807) is 19.1 Å². The number of nitrogens with one attached hydrogen (secondary N) is 1. The molecule has 32 heavy (non-hydrogen) atoms. The second kappa shape index (κ2) is 8.99. The van der Waals surface area contributed by atoms with Gasteiger partial charge in [-0.15, -0.1) is 0 Å². The minimum atomic E-state index is -4.73. The number of hydrogen-bond donors (Lipinski definition) is 2. The summed E-state index contributed by atoms with van der Waals surface area (Å²) in [4.78, 5) is 20.6. The molecule has 0 fully saturated rings. The SMILES string of the molecule is Cc1ccc(-c2cc(C(=O)NC(C)c3ncc(F)cc3F)cc(C(N)C(F)(F)F)c2)nc1. The highest BCUT2D eigenvalue weighted by Gasteiger charge is 2.38. The van der Waals surface area contributed by atoms with Gasteiger partial charge in [0.2, 0.25) is 0 Å². The van der Waals surface area contributed by atoms with Crippen LogP contribution in [-0.2, 0) is 0 Å². The molecule has 3 N–H and O–H groups in total. The van der Waals surface area contributed by atoms with Crippen molar-refractivity contribution < 1.29 is 26.7 Å². The molecule has 0 aliphatic rings. The predicted octanol–water partition coefficient (Wildman–Crippen LogP) is 4.78. The molecule has 2 atom stereocenters. The smallest absolute Gasteiger partial charge is 0.344 e. The first-order chi connectivity index (χ1) is 15.0. The number of carbonyl (C=O) groups is 1. The fourth-order valence-corrected chi connectivity index (χ4v) is 3.03. The van der Waals surface area contributed by atoms with E-state index in [0.717, 1.165) is 17.8 Å². The number of nitrogens with zero attached hydrogens (tertiary/aromatic N) is 2. The fraction of sp³-hybridized carbons (Fsp3) is 0.227. The first-order valence-corrected chi connectivity index (χ1v) is 9.48. The molecule has 0 aliphatic heterocycles. The molecule has 0 saturated carbocycles. The number of aromatic nitrogens is 2. The van der Waals surface area contributed by atoms with Crippen molar-refractivity contribution in [3.8, 4) is 11.3 Å². The predicted molar refractivity (Wildman–Crippen MR) is 107 cm³/mol. The quantitative estimate of drug-likeness (QED) is 0.548. The zero-order valence-corrected chi connectivity index (χ0v) is 17.0. The fourth-order valence-electron chi connectivity index (χ4n) is 3.03. The average Bonchev–Trinajstić information content (AvgIpc) is 2.72. The molecule has 0 radical (unpaired) electrons. The normalized spacial score (nSPS) is 13.5. The third kappa shape index (κ3) is 5.25. The van der Waals surface area contributed by atoms with Crippen LogP contribution in [0.25, 0.3) is 11.3 Å². The van der Waals surface area contributed by atoms with Gasteiger partial charge in [0.25, 0.3) is 5.91 Å². The minimum absolute atomic E-state index is 0.131. The molecule has 2 unspecified atom stereocenters. The molecule has 10 heteroatoms. The van der Waals surface area contributed by atoms with Crippen LogP contribution in [0.4, 0.5) is 22.0 Å². The summed E-state index contributed by atoms with van der Waals surface area (Å²) in [6.07, 6.45) is -2.40. The molecule has 168 valence electrons. The minimum Gasteiger partial charge on any atom is -0.344 e. The van der Waals surface area contributed by atoms with Crippen LogP contribution in [0.1, 0.15) is 46.2 Å². The Hall–Kier alpha value is -3.40. The topological polar surface area (TPSA) is 80.9 Å². The zero-order chi connectivity index (χ0) is 23.6. The number of alkyl halides is 3. The molecule has 5 nitrogen and oxygen atoms in total. The summed E-state index contributed by atoms with van der Waals surface area (Å²) in [6, 6.07) is 4.25. The molecular weight excluding hydrogens is 431 g/mol. The summed E-state index contributed by atoms with van der Waals surface area (Å²) in [5.41, 5.74) is 6.13. The van der Waals surface area contributed by atoms with E-state index in [0.29, 0.717) is 11.8 Å². The zero-order valence-electron chi connectivity index (χ0n) is 17.0. The lowest BCUT2D eigenvalue weighted by molar-refractivity contribution is -0.149. The van der Waals surface area contributed by atoms with Crippen molar-refractivity contribution in [2.45, 2.75) is 32.1 Å². The van der Waals surface area contributed by atoms with E-state index in [4.69, 9.17) is 5.73 Å². The average molecular weight is 450 g/mol. The van der Waals surface area contributed by atoms with Crippen LogP contribution in [0.5, 0.6) is 0 Å². The highest BCUT2D eigenvalue weighted by atomic mass is 19.4. The van der Waals surface area contributed by atoms with Crippen molar-refractivity contribution in [2.75, 3.05) is 0 Å². The molecule has 0 saturated heterocycles. The second-order valence-electron chi connectivity index (χ2n) is 7.30. The summed E-state index contributed by atoms with van der Waals surface area (Å²) in [6.45, 7) is 3.21. The third-order valence-corrected chi connectivity index (χ3v) is 4.73. The molecule has 0 bridgehead atoms. The number of amides is 1. The Morgan fingerprint density at radius 2 is 1.78 bits per heavy atom. The Labute approximate surface area is 180 Å². The number of hydrogen-bond acceptors (Lipinski definition) is 4. The Bertz CT molecular complexity index is 1130. The van der Waals surface area contributed by atoms with Gasteiger partial charge in [0.15, 0.2) is 0 Å². The van der Waals surface area contributed by atoms with Gasteiger partial charge in [-0.3, -0.25) is 14.8 Å². The monoisotopic (exact) mass is 450 g/mol. The summed E-state index contributed by atoms with van der Waals surface area (Å²) < 4.78 is 66.8. The molecule has 1 aromatic carbocycles. The van der Waals surface area contributed by atoms with Crippen LogP contribution in [-0.4, -0.2) is 22.1 Å². The first-order valence-electron chi connectivity index (χ1n) is 9.48. The van der Waals surface area contributed by atoms with E-state index in [2.05, 4.69) is 15.3 Å². The second-order valence-corrected chi connectivity index (χ2v) is 7.30. The number of aryl methyl sites for hydroxylation is 1. The van der Waals surface area contributed by atoms with Gasteiger partial charge < -0.3 is 11.1 Å². The highest BCUT2D eigenvalue weighted by Crippen LogP contribution is 2.33. The van der Waals surface area contributed by atoms with E-state index in [9.17, 15) is 26.7 Å². The first kappa shape index (κ1) is 23.3. The van der Waals surface area contributed by atoms with Gasteiger partial charge in [0.1, 0.15) is 17.7 Å². The molecule has 2 aromatic heterocycles. The van der Waals surface area contributed by atoms with Gasteiger partial charge in [-0.25, -0.2) is 8.78 Å². The van der Waals surface area contributed by atoms with E-state index in [1.165, 1.54) is 25.3 Å². The van der Waals surface area contributed by atoms with E-state index in [1.807, 2.05) is 0 Å². The Morgan fingerprint density at radius 1 is 1.06 bits per heavy atom. The van der Waals surface area contributed by atoms with Gasteiger partial charge in [0, 0.05) is 23.4 Å². The van der Waals surface area contributed by atoms with Crippen molar-refractivity contribution in [3.05, 3.63) is 82.8 Å². The lowest BCUT2D eigenvalue weighted by Crippen LogP contribution is -2.30. The summed E-state index contributed by atoms with van der Waals surface area (Å²) in [5, 5.41) is 2.46. The molecule has 0 spiro atoms. The Morgan fingerprint density at radius 3 is 2.38 bits per heavy atom. The van der Waals surface area contributed by atoms with Gasteiger partial charge in [-0.2, -0.15) is 13.2 Å². The van der Waals surface area contributed by atoms with Crippen molar-refractivity contribution in [3.63, 3.8) is 0 Å². The van der Waals surface area contributed by atoms with Crippen LogP contribution in [0, 0.1) is 18.6 Å². The molecule has 3 rings (SSSR count). The van der Waals surface area contributed by atoms with Crippen LogP contribution in [0.15, 0.2) is 48.8 Å². The van der Waals surface area contributed by atoms with Crippen LogP contribution in [0.2, 0.25) is 0 Å².